The van der Waals surface area contributed by atoms with Gasteiger partial charge in [-0.25, -0.2) is 0 Å². The van der Waals surface area contributed by atoms with Gasteiger partial charge in [-0.3, -0.25) is 14.5 Å². The van der Waals surface area contributed by atoms with Gasteiger partial charge in [0.05, 0.1) is 6.54 Å². The van der Waals surface area contributed by atoms with Gasteiger partial charge in [-0.1, -0.05) is 26.7 Å². The molecule has 1 saturated carbocycles. The van der Waals surface area contributed by atoms with E-state index in [9.17, 15) is 9.59 Å². The van der Waals surface area contributed by atoms with Crippen LogP contribution in [-0.4, -0.2) is 42.4 Å². The average molecular weight is 295 g/mol. The van der Waals surface area contributed by atoms with E-state index in [1.807, 2.05) is 0 Å². The van der Waals surface area contributed by atoms with Gasteiger partial charge >= 0.3 is 0 Å². The van der Waals surface area contributed by atoms with Crippen molar-refractivity contribution in [1.82, 2.24) is 10.2 Å². The molecule has 21 heavy (non-hydrogen) atoms. The second-order valence-corrected chi connectivity index (χ2v) is 6.89. The SMILES string of the molecule is C[C@@H]1[C@@H](C)CCC[C@H]1NC(=O)CN1CCC(C(N)=O)CC1. The first kappa shape index (κ1) is 16.3. The summed E-state index contributed by atoms with van der Waals surface area (Å²) in [4.78, 5) is 25.5. The van der Waals surface area contributed by atoms with E-state index in [0.717, 1.165) is 32.4 Å². The Hall–Kier alpha value is -1.10. The van der Waals surface area contributed by atoms with E-state index in [4.69, 9.17) is 5.73 Å². The third-order valence-corrected chi connectivity index (χ3v) is 5.41. The zero-order chi connectivity index (χ0) is 15.4. The van der Waals surface area contributed by atoms with Gasteiger partial charge in [0.25, 0.3) is 0 Å². The van der Waals surface area contributed by atoms with Crippen LogP contribution in [0.1, 0.15) is 46.0 Å². The molecule has 0 aromatic heterocycles. The number of nitrogens with one attached hydrogen (secondary N) is 1. The summed E-state index contributed by atoms with van der Waals surface area (Å²) in [6.07, 6.45) is 5.13. The minimum Gasteiger partial charge on any atom is -0.369 e. The maximum atomic E-state index is 12.2. The molecule has 120 valence electrons. The summed E-state index contributed by atoms with van der Waals surface area (Å²) >= 11 is 0. The highest BCUT2D eigenvalue weighted by Gasteiger charge is 2.29. The minimum absolute atomic E-state index is 0.0106. The summed E-state index contributed by atoms with van der Waals surface area (Å²) in [5.74, 6) is 1.16. The predicted molar refractivity (Wildman–Crippen MR) is 82.5 cm³/mol. The molecule has 2 rings (SSSR count). The molecule has 0 unspecified atom stereocenters. The molecule has 0 aromatic rings. The fourth-order valence-corrected chi connectivity index (χ4v) is 3.62. The number of hydrogen-bond acceptors (Lipinski definition) is 3. The van der Waals surface area contributed by atoms with E-state index in [1.165, 1.54) is 12.8 Å². The van der Waals surface area contributed by atoms with Crippen molar-refractivity contribution in [2.45, 2.75) is 52.0 Å². The maximum absolute atomic E-state index is 12.2. The Morgan fingerprint density at radius 2 is 1.81 bits per heavy atom. The topological polar surface area (TPSA) is 75.4 Å². The number of hydrogen-bond donors (Lipinski definition) is 2. The molecule has 5 heteroatoms. The van der Waals surface area contributed by atoms with Crippen LogP contribution >= 0.6 is 0 Å². The quantitative estimate of drug-likeness (QED) is 0.816. The van der Waals surface area contributed by atoms with Gasteiger partial charge in [0.2, 0.25) is 11.8 Å². The molecule has 2 amide bonds. The highest BCUT2D eigenvalue weighted by molar-refractivity contribution is 5.79. The summed E-state index contributed by atoms with van der Waals surface area (Å²) < 4.78 is 0. The smallest absolute Gasteiger partial charge is 0.234 e. The monoisotopic (exact) mass is 295 g/mol. The Bertz CT molecular complexity index is 378. The van der Waals surface area contributed by atoms with Crippen LogP contribution < -0.4 is 11.1 Å². The molecule has 5 nitrogen and oxygen atoms in total. The average Bonchev–Trinajstić information content (AvgIpc) is 2.44. The Labute approximate surface area is 127 Å². The molecule has 2 aliphatic rings. The second-order valence-electron chi connectivity index (χ2n) is 6.89. The number of nitrogens with two attached hydrogens (primary N) is 1. The van der Waals surface area contributed by atoms with Crippen LogP contribution in [-0.2, 0) is 9.59 Å². The first-order chi connectivity index (χ1) is 9.97. The summed E-state index contributed by atoms with van der Waals surface area (Å²) in [6, 6.07) is 0.324. The highest BCUT2D eigenvalue weighted by Crippen LogP contribution is 2.29. The van der Waals surface area contributed by atoms with Crippen LogP contribution in [0.3, 0.4) is 0 Å². The Morgan fingerprint density at radius 1 is 1.14 bits per heavy atom. The number of piperidine rings is 1. The summed E-state index contributed by atoms with van der Waals surface area (Å²) in [6.45, 7) is 6.54. The van der Waals surface area contributed by atoms with Gasteiger partial charge in [-0.05, 0) is 44.2 Å². The molecule has 0 aromatic carbocycles. The van der Waals surface area contributed by atoms with Crippen LogP contribution in [0, 0.1) is 17.8 Å². The molecule has 0 bridgehead atoms. The van der Waals surface area contributed by atoms with Crippen molar-refractivity contribution in [2.75, 3.05) is 19.6 Å². The fourth-order valence-electron chi connectivity index (χ4n) is 3.62. The van der Waals surface area contributed by atoms with Gasteiger partial charge in [0.15, 0.2) is 0 Å². The van der Waals surface area contributed by atoms with Crippen LogP contribution in [0.5, 0.6) is 0 Å². The Kier molecular flexibility index (Phi) is 5.62. The molecule has 2 fully saturated rings. The second kappa shape index (κ2) is 7.25. The van der Waals surface area contributed by atoms with E-state index in [2.05, 4.69) is 24.1 Å². The van der Waals surface area contributed by atoms with Crippen molar-refractivity contribution in [3.8, 4) is 0 Å². The van der Waals surface area contributed by atoms with Gasteiger partial charge in [-0.2, -0.15) is 0 Å². The lowest BCUT2D eigenvalue weighted by Crippen LogP contribution is -2.49. The number of carbonyl (C=O) groups excluding carboxylic acids is 2. The summed E-state index contributed by atoms with van der Waals surface area (Å²) in [5, 5.41) is 3.21. The van der Waals surface area contributed by atoms with E-state index < -0.39 is 0 Å². The zero-order valence-corrected chi connectivity index (χ0v) is 13.3. The molecule has 1 aliphatic carbocycles. The molecule has 0 radical (unpaired) electrons. The molecule has 3 N–H and O–H groups in total. The van der Waals surface area contributed by atoms with Crippen molar-refractivity contribution in [2.24, 2.45) is 23.5 Å². The van der Waals surface area contributed by atoms with Crippen molar-refractivity contribution < 1.29 is 9.59 Å². The molecule has 3 atom stereocenters. The Morgan fingerprint density at radius 3 is 2.43 bits per heavy atom. The fraction of sp³-hybridized carbons (Fsp3) is 0.875. The maximum Gasteiger partial charge on any atom is 0.234 e. The van der Waals surface area contributed by atoms with Crippen molar-refractivity contribution in [1.29, 1.82) is 0 Å². The lowest BCUT2D eigenvalue weighted by Gasteiger charge is -2.35. The lowest BCUT2D eigenvalue weighted by atomic mass is 9.78. The number of carbonyl (C=O) groups is 2. The molecule has 1 heterocycles. The molecule has 1 aliphatic heterocycles. The van der Waals surface area contributed by atoms with Gasteiger partial charge < -0.3 is 11.1 Å². The number of likely N-dealkylation sites (tertiary alicyclic amines) is 1. The number of rotatable bonds is 4. The van der Waals surface area contributed by atoms with E-state index in [-0.39, 0.29) is 17.7 Å². The first-order valence-electron chi connectivity index (χ1n) is 8.28. The number of amides is 2. The zero-order valence-electron chi connectivity index (χ0n) is 13.3. The normalized spacial score (nSPS) is 31.8. The lowest BCUT2D eigenvalue weighted by molar-refractivity contribution is -0.125. The van der Waals surface area contributed by atoms with Gasteiger partial charge in [-0.15, -0.1) is 0 Å². The standard InChI is InChI=1S/C16H29N3O2/c1-11-4-3-5-14(12(11)2)18-15(20)10-19-8-6-13(7-9-19)16(17)21/h11-14H,3-10H2,1-2H3,(H2,17,21)(H,18,20)/t11-,12+,14+/m0/s1. The van der Waals surface area contributed by atoms with Crippen molar-refractivity contribution in [3.63, 3.8) is 0 Å². The number of primary amides is 1. The van der Waals surface area contributed by atoms with Crippen LogP contribution in [0.2, 0.25) is 0 Å². The van der Waals surface area contributed by atoms with Gasteiger partial charge in [0.1, 0.15) is 0 Å². The third kappa shape index (κ3) is 4.43. The largest absolute Gasteiger partial charge is 0.369 e. The third-order valence-electron chi connectivity index (χ3n) is 5.41. The first-order valence-corrected chi connectivity index (χ1v) is 8.28. The Balaban J connectivity index is 1.74. The van der Waals surface area contributed by atoms with Crippen LogP contribution in [0.15, 0.2) is 0 Å². The highest BCUT2D eigenvalue weighted by atomic mass is 16.2. The van der Waals surface area contributed by atoms with Gasteiger partial charge in [0, 0.05) is 12.0 Å². The number of nitrogens with zero attached hydrogens (tertiary/aromatic N) is 1. The van der Waals surface area contributed by atoms with Crippen molar-refractivity contribution in [3.05, 3.63) is 0 Å². The molecule has 0 spiro atoms. The van der Waals surface area contributed by atoms with E-state index in [1.54, 1.807) is 0 Å². The van der Waals surface area contributed by atoms with E-state index >= 15 is 0 Å². The molecular weight excluding hydrogens is 266 g/mol. The van der Waals surface area contributed by atoms with E-state index in [0.29, 0.717) is 24.4 Å². The molecular formula is C16H29N3O2. The van der Waals surface area contributed by atoms with Crippen molar-refractivity contribution >= 4 is 11.8 Å². The van der Waals surface area contributed by atoms with Crippen LogP contribution in [0.25, 0.3) is 0 Å². The summed E-state index contributed by atoms with van der Waals surface area (Å²) in [5.41, 5.74) is 5.33. The van der Waals surface area contributed by atoms with Crippen LogP contribution in [0.4, 0.5) is 0 Å². The predicted octanol–water partition coefficient (Wildman–Crippen LogP) is 1.12. The summed E-state index contributed by atoms with van der Waals surface area (Å²) in [7, 11) is 0. The molecule has 1 saturated heterocycles. The minimum atomic E-state index is -0.205.